The van der Waals surface area contributed by atoms with Gasteiger partial charge in [0.2, 0.25) is 0 Å². The molecule has 600 valence electrons. The minimum absolute atomic E-state index is 0. The van der Waals surface area contributed by atoms with E-state index in [4.69, 9.17) is 68.2 Å². The first-order valence-electron chi connectivity index (χ1n) is 32.8. The van der Waals surface area contributed by atoms with Gasteiger partial charge in [-0.15, -0.1) is 6.42 Å². The van der Waals surface area contributed by atoms with Crippen LogP contribution in [0.5, 0.6) is 0 Å². The van der Waals surface area contributed by atoms with E-state index in [2.05, 4.69) is 158 Å². The van der Waals surface area contributed by atoms with E-state index >= 15 is 0 Å². The summed E-state index contributed by atoms with van der Waals surface area (Å²) in [6, 6.07) is 1.94. The molecule has 9 N–H and O–H groups in total. The zero-order chi connectivity index (χ0) is 76.1. The molecule has 28 nitrogen and oxygen atoms in total. The maximum absolute atomic E-state index is 13.3. The summed E-state index contributed by atoms with van der Waals surface area (Å²) in [7, 11) is 1.22. The second-order valence-electron chi connectivity index (χ2n) is 28.6. The number of terminal acetylenes is 1. The Morgan fingerprint density at radius 2 is 0.874 bits per heavy atom. The summed E-state index contributed by atoms with van der Waals surface area (Å²) in [5.74, 6) is 8.53. The third-order valence-electron chi connectivity index (χ3n) is 15.8. The molecular formula is C71H130N7O21SiW3-3. The Morgan fingerprint density at radius 1 is 0.563 bits per heavy atom. The maximum Gasteiger partial charge on any atom is 0.522 e. The summed E-state index contributed by atoms with van der Waals surface area (Å²) < 4.78 is 51.1. The van der Waals surface area contributed by atoms with Crippen LogP contribution < -0.4 is 31.9 Å². The fraction of sp³-hybridized carbons (Fsp3) is 0.704. The number of rotatable bonds is 28. The van der Waals surface area contributed by atoms with Crippen molar-refractivity contribution in [1.29, 1.82) is 0 Å². The van der Waals surface area contributed by atoms with Gasteiger partial charge in [0.25, 0.3) is 0 Å². The minimum atomic E-state index is -3.17. The van der Waals surface area contributed by atoms with Crippen LogP contribution in [-0.4, -0.2) is 206 Å². The Morgan fingerprint density at radius 3 is 1.14 bits per heavy atom. The fourth-order valence-corrected chi connectivity index (χ4v) is 14.2. The van der Waals surface area contributed by atoms with Crippen LogP contribution in [0.1, 0.15) is 169 Å². The van der Waals surface area contributed by atoms with Gasteiger partial charge in [0.05, 0.1) is 13.2 Å². The average Bonchev–Trinajstić information content (AvgIpc) is 0.810. The number of aliphatic hydroxyl groups is 3. The van der Waals surface area contributed by atoms with Crippen molar-refractivity contribution in [1.82, 2.24) is 36.8 Å². The monoisotopic (exact) mass is 2000 g/mol. The van der Waals surface area contributed by atoms with Crippen LogP contribution in [-0.2, 0) is 119 Å². The Kier molecular flexibility index (Phi) is 53.6. The first-order valence-corrected chi connectivity index (χ1v) is 34.8. The van der Waals surface area contributed by atoms with Crippen LogP contribution >= 0.6 is 0 Å². The number of hydrogen-bond donors (Lipinski definition) is 9. The van der Waals surface area contributed by atoms with Gasteiger partial charge in [-0.2, -0.15) is 0 Å². The second kappa shape index (κ2) is 51.9. The summed E-state index contributed by atoms with van der Waals surface area (Å²) in [5, 5.41) is 42.9. The SMILES string of the molecule is C.C#CC#CC#CN(C[Si](OC)(OC)OC)C(=O)NC1CC(C)(C)CC(C)(CNC(=O)OC([CH2-])C)C1.C=CC(=O)OCCOC(=O)NC1CC(C)(C)CC(C)(CNC(=O)OC([CH2-])C)C1.C=CC(=O)OCCOC(=O)NC1CC(C)(C)CC(C)(CNC(=O)OC([CH2-])C)C1.CCC(O)(CO)CO.[HH].[HH].[HH].[HH].[HH].[W].[W].[W]. The molecule has 0 saturated heterocycles. The van der Waals surface area contributed by atoms with Gasteiger partial charge in [0.15, 0.2) is 0 Å². The molecule has 103 heavy (non-hydrogen) atoms. The predicted octanol–water partition coefficient (Wildman–Crippen LogP) is 9.47. The van der Waals surface area contributed by atoms with Gasteiger partial charge in [0, 0.05) is 159 Å². The van der Waals surface area contributed by atoms with E-state index in [9.17, 15) is 38.4 Å². The van der Waals surface area contributed by atoms with E-state index in [0.29, 0.717) is 45.3 Å². The quantitative estimate of drug-likeness (QED) is 0.00514. The Balaban J connectivity index is -0.000000153. The van der Waals surface area contributed by atoms with E-state index in [0.717, 1.165) is 50.7 Å². The van der Waals surface area contributed by atoms with Crippen LogP contribution in [0.4, 0.5) is 28.8 Å². The maximum atomic E-state index is 13.3. The molecule has 3 aliphatic rings. The molecule has 7 amide bonds. The smallest absolute Gasteiger partial charge is 0.480 e. The molecule has 0 aromatic heterocycles. The Labute approximate surface area is 665 Å². The molecule has 0 heterocycles. The predicted molar refractivity (Wildman–Crippen MR) is 391 cm³/mol. The molecule has 3 fully saturated rings. The molecule has 3 saturated carbocycles. The topological polar surface area (TPSA) is 365 Å². The van der Waals surface area contributed by atoms with Crippen molar-refractivity contribution in [2.24, 2.45) is 32.5 Å². The number of amides is 7. The summed E-state index contributed by atoms with van der Waals surface area (Å²) in [5.41, 5.74) is -2.05. The Bertz CT molecular complexity index is 2690. The van der Waals surface area contributed by atoms with Gasteiger partial charge in [-0.3, -0.25) is 0 Å². The third kappa shape index (κ3) is 47.1. The van der Waals surface area contributed by atoms with Crippen molar-refractivity contribution in [2.45, 2.75) is 204 Å². The zero-order valence-corrected chi connectivity index (χ0v) is 72.5. The number of ether oxygens (including phenoxy) is 7. The summed E-state index contributed by atoms with van der Waals surface area (Å²) in [4.78, 5) is 96.1. The van der Waals surface area contributed by atoms with E-state index in [1.54, 1.807) is 27.7 Å². The van der Waals surface area contributed by atoms with Gasteiger partial charge in [-0.05, 0) is 127 Å². The van der Waals surface area contributed by atoms with Crippen molar-refractivity contribution in [3.05, 3.63) is 46.1 Å². The fourth-order valence-electron chi connectivity index (χ4n) is 12.7. The number of aliphatic hydroxyl groups excluding tert-OH is 2. The summed E-state index contributed by atoms with van der Waals surface area (Å²) in [6.07, 6.45) is 10.7. The molecule has 32 heteroatoms. The Hall–Kier alpha value is -5.24. The van der Waals surface area contributed by atoms with E-state index in [1.807, 2.05) is 0 Å². The summed E-state index contributed by atoms with van der Waals surface area (Å²) >= 11 is 0. The van der Waals surface area contributed by atoms with Crippen molar-refractivity contribution in [3.63, 3.8) is 0 Å². The van der Waals surface area contributed by atoms with Gasteiger partial charge in [-0.1, -0.05) is 111 Å². The van der Waals surface area contributed by atoms with E-state index < -0.39 is 81.2 Å². The number of hydrogen-bond acceptors (Lipinski definition) is 21. The molecule has 9 atom stereocenters. The van der Waals surface area contributed by atoms with Gasteiger partial charge in [0.1, 0.15) is 38.2 Å². The van der Waals surface area contributed by atoms with Crippen LogP contribution in [0.3, 0.4) is 0 Å². The molecule has 0 radical (unpaired) electrons. The standard InChI is InChI=1S/C25H38N3O6Si.2C20H33N2O6.C5H12O3.CH4.3W.5H2/c1-10-11-12-13-14-28(19-35(31-7,32-8)33-9)22(29)27-21-15-24(4,5)17-25(6,16-21)18-26-23(30)34-20(2)3;2*1-7-16(23)26-8-9-27-18(25)22-15-10-19(4,5)12-20(6,11-15)13-21-17(24)28-14(2)3;1-2-5(8,3-6)4-7;;;;;;;;;/h1,20-21H,2,15-19H2,3-9H3,(H,26,30)(H,27,29);2*7,14-15H,1-2,8-13H2,3-6H3,(H,21,24)(H,22,25);6-8H,2-4H2,1H3;1H4;;;;5*1H/q3*-1;;;;;;;;;;. The summed E-state index contributed by atoms with van der Waals surface area (Å²) in [6.45, 7) is 43.8. The number of nitrogens with zero attached hydrogens (tertiary/aromatic N) is 1. The first-order chi connectivity index (χ1) is 45.9. The van der Waals surface area contributed by atoms with E-state index in [-0.39, 0.29) is 174 Å². The molecule has 0 bridgehead atoms. The molecule has 0 aromatic carbocycles. The third-order valence-corrected chi connectivity index (χ3v) is 18.4. The van der Waals surface area contributed by atoms with Crippen molar-refractivity contribution >= 4 is 57.2 Å². The van der Waals surface area contributed by atoms with E-state index in [1.165, 1.54) is 26.2 Å². The van der Waals surface area contributed by atoms with Crippen LogP contribution in [0.2, 0.25) is 0 Å². The number of alkyl carbamates (subject to hydrolysis) is 5. The van der Waals surface area contributed by atoms with Crippen molar-refractivity contribution in [2.75, 3.05) is 86.8 Å². The molecule has 0 aromatic rings. The molecule has 0 spiro atoms. The van der Waals surface area contributed by atoms with Crippen LogP contribution in [0, 0.1) is 89.4 Å². The van der Waals surface area contributed by atoms with Gasteiger partial charge >= 0.3 is 57.2 Å². The van der Waals surface area contributed by atoms with Gasteiger partial charge < -0.3 is 114 Å². The number of esters is 2. The first kappa shape index (κ1) is 106. The largest absolute Gasteiger partial charge is 0.522 e. The number of urea groups is 1. The molecule has 0 aliphatic heterocycles. The average molecular weight is 2000 g/mol. The number of nitrogens with one attached hydrogen (secondary N) is 6. The molecule has 9 unspecified atom stereocenters. The van der Waals surface area contributed by atoms with Gasteiger partial charge in [-0.25, -0.2) is 43.3 Å². The van der Waals surface area contributed by atoms with Crippen molar-refractivity contribution in [3.8, 4) is 36.1 Å². The molecule has 3 aliphatic carbocycles. The molecular weight excluding hydrogens is 1870 g/mol. The van der Waals surface area contributed by atoms with Crippen molar-refractivity contribution < 1.29 is 170 Å². The second-order valence-corrected chi connectivity index (χ2v) is 31.5. The minimum Gasteiger partial charge on any atom is -0.480 e. The van der Waals surface area contributed by atoms with Crippen LogP contribution in [0.15, 0.2) is 25.3 Å². The number of carbonyl (C=O) groups is 8. The number of carbonyl (C=O) groups excluding carboxylic acids is 8. The van der Waals surface area contributed by atoms with Crippen LogP contribution in [0.25, 0.3) is 0 Å². The normalized spacial score (nSPS) is 21.5. The zero-order valence-electron chi connectivity index (χ0n) is 62.7. The molecule has 3 rings (SSSR count).